The fourth-order valence-corrected chi connectivity index (χ4v) is 3.35. The van der Waals surface area contributed by atoms with Crippen LogP contribution in [0.25, 0.3) is 22.4 Å². The summed E-state index contributed by atoms with van der Waals surface area (Å²) in [5.41, 5.74) is 2.57. The van der Waals surface area contributed by atoms with Crippen LogP contribution in [0.15, 0.2) is 27.5 Å². The molecule has 1 aliphatic heterocycles. The van der Waals surface area contributed by atoms with Crippen LogP contribution in [-0.4, -0.2) is 39.5 Å². The van der Waals surface area contributed by atoms with Gasteiger partial charge in [-0.05, 0) is 50.9 Å². The van der Waals surface area contributed by atoms with E-state index in [9.17, 15) is 4.79 Å². The van der Waals surface area contributed by atoms with Gasteiger partial charge in [-0.1, -0.05) is 0 Å². The van der Waals surface area contributed by atoms with Gasteiger partial charge in [-0.2, -0.15) is 5.10 Å². The van der Waals surface area contributed by atoms with E-state index < -0.39 is 5.76 Å². The summed E-state index contributed by atoms with van der Waals surface area (Å²) < 4.78 is 5.08. The SMILES string of the molecule is CC(Nc1cc(-c2n[nH]c(=O)o2)cc2[nH]ncc12)C1CCNCC1. The lowest BCUT2D eigenvalue weighted by Gasteiger charge is -2.29. The maximum Gasteiger partial charge on any atom is 0.434 e. The Labute approximate surface area is 138 Å². The molecule has 0 aliphatic carbocycles. The van der Waals surface area contributed by atoms with E-state index >= 15 is 0 Å². The first kappa shape index (κ1) is 14.9. The molecule has 1 atom stereocenters. The maximum atomic E-state index is 11.2. The van der Waals surface area contributed by atoms with Crippen molar-refractivity contribution in [3.05, 3.63) is 28.9 Å². The van der Waals surface area contributed by atoms with Crippen molar-refractivity contribution < 1.29 is 4.42 Å². The van der Waals surface area contributed by atoms with E-state index in [4.69, 9.17) is 4.42 Å². The van der Waals surface area contributed by atoms with Crippen LogP contribution in [0.4, 0.5) is 5.69 Å². The molecule has 1 saturated heterocycles. The number of H-pyrrole nitrogens is 2. The lowest BCUT2D eigenvalue weighted by molar-refractivity contribution is 0.343. The highest BCUT2D eigenvalue weighted by Gasteiger charge is 2.21. The highest BCUT2D eigenvalue weighted by Crippen LogP contribution is 2.30. The molecule has 1 unspecified atom stereocenters. The predicted molar refractivity (Wildman–Crippen MR) is 90.9 cm³/mol. The zero-order valence-corrected chi connectivity index (χ0v) is 13.4. The monoisotopic (exact) mass is 328 g/mol. The fraction of sp³-hybridized carbons (Fsp3) is 0.438. The number of aromatic amines is 2. The van der Waals surface area contributed by atoms with Crippen LogP contribution in [0.1, 0.15) is 19.8 Å². The molecule has 1 aromatic carbocycles. The second-order valence-corrected chi connectivity index (χ2v) is 6.29. The molecule has 1 aliphatic rings. The third kappa shape index (κ3) is 2.80. The summed E-state index contributed by atoms with van der Waals surface area (Å²) in [6, 6.07) is 4.17. The lowest BCUT2D eigenvalue weighted by Crippen LogP contribution is -2.36. The molecular formula is C16H20N6O2. The second-order valence-electron chi connectivity index (χ2n) is 6.29. The van der Waals surface area contributed by atoms with Gasteiger partial charge in [0, 0.05) is 22.7 Å². The largest absolute Gasteiger partial charge is 0.434 e. The standard InChI is InChI=1S/C16H20N6O2/c1-9(10-2-4-17-5-3-10)19-13-6-11(15-21-22-16(23)24-15)7-14-12(13)8-18-20-14/h6-10,17,19H,2-5H2,1H3,(H,18,20)(H,22,23). The Morgan fingerprint density at radius 2 is 2.12 bits per heavy atom. The molecule has 2 aromatic heterocycles. The lowest BCUT2D eigenvalue weighted by atomic mass is 9.91. The predicted octanol–water partition coefficient (Wildman–Crippen LogP) is 1.71. The van der Waals surface area contributed by atoms with Crippen LogP contribution < -0.4 is 16.4 Å². The van der Waals surface area contributed by atoms with Gasteiger partial charge in [-0.3, -0.25) is 5.10 Å². The summed E-state index contributed by atoms with van der Waals surface area (Å²) in [5.74, 6) is 0.335. The quantitative estimate of drug-likeness (QED) is 0.580. The average Bonchev–Trinajstić information content (AvgIpc) is 3.24. The van der Waals surface area contributed by atoms with Gasteiger partial charge in [0.15, 0.2) is 0 Å². The van der Waals surface area contributed by atoms with Crippen LogP contribution in [0.5, 0.6) is 0 Å². The van der Waals surface area contributed by atoms with Crippen molar-refractivity contribution in [3.63, 3.8) is 0 Å². The molecule has 3 heterocycles. The molecular weight excluding hydrogens is 308 g/mol. The Kier molecular flexibility index (Phi) is 3.81. The van der Waals surface area contributed by atoms with Crippen LogP contribution in [-0.2, 0) is 0 Å². The number of nitrogens with one attached hydrogen (secondary N) is 4. The van der Waals surface area contributed by atoms with Crippen LogP contribution in [0, 0.1) is 5.92 Å². The minimum atomic E-state index is -0.563. The summed E-state index contributed by atoms with van der Waals surface area (Å²) in [4.78, 5) is 11.2. The Bertz CT molecular complexity index is 889. The van der Waals surface area contributed by atoms with E-state index in [1.807, 2.05) is 12.1 Å². The van der Waals surface area contributed by atoms with E-state index in [0.29, 0.717) is 12.0 Å². The van der Waals surface area contributed by atoms with Gasteiger partial charge in [-0.25, -0.2) is 9.89 Å². The summed E-state index contributed by atoms with van der Waals surface area (Å²) >= 11 is 0. The summed E-state index contributed by atoms with van der Waals surface area (Å²) in [6.45, 7) is 4.34. The number of fused-ring (bicyclic) bond motifs is 1. The maximum absolute atomic E-state index is 11.2. The highest BCUT2D eigenvalue weighted by atomic mass is 16.4. The fourth-order valence-electron chi connectivity index (χ4n) is 3.35. The minimum Gasteiger partial charge on any atom is -0.388 e. The Hall–Kier alpha value is -2.61. The molecule has 4 N–H and O–H groups in total. The first-order chi connectivity index (χ1) is 11.7. The van der Waals surface area contributed by atoms with E-state index in [0.717, 1.165) is 48.1 Å². The van der Waals surface area contributed by atoms with E-state index in [1.54, 1.807) is 6.20 Å². The molecule has 8 nitrogen and oxygen atoms in total. The number of rotatable bonds is 4. The molecule has 0 bridgehead atoms. The molecule has 0 radical (unpaired) electrons. The molecule has 8 heteroatoms. The van der Waals surface area contributed by atoms with E-state index in [2.05, 4.69) is 38.0 Å². The molecule has 1 fully saturated rings. The van der Waals surface area contributed by atoms with Gasteiger partial charge in [-0.15, -0.1) is 5.10 Å². The van der Waals surface area contributed by atoms with Crippen molar-refractivity contribution in [1.82, 2.24) is 25.7 Å². The van der Waals surface area contributed by atoms with Gasteiger partial charge in [0.1, 0.15) is 0 Å². The zero-order chi connectivity index (χ0) is 16.5. The van der Waals surface area contributed by atoms with E-state index in [1.165, 1.54) is 0 Å². The van der Waals surface area contributed by atoms with Gasteiger partial charge >= 0.3 is 5.76 Å². The normalized spacial score (nSPS) is 17.2. The number of piperidine rings is 1. The third-order valence-electron chi connectivity index (χ3n) is 4.72. The number of nitrogens with zero attached hydrogens (tertiary/aromatic N) is 2. The summed E-state index contributed by atoms with van der Waals surface area (Å²) in [5, 5.41) is 21.3. The third-order valence-corrected chi connectivity index (χ3v) is 4.72. The molecule has 3 aromatic rings. The van der Waals surface area contributed by atoms with Gasteiger partial charge in [0.05, 0.1) is 11.7 Å². The average molecular weight is 328 g/mol. The van der Waals surface area contributed by atoms with Crippen molar-refractivity contribution in [2.75, 3.05) is 18.4 Å². The van der Waals surface area contributed by atoms with Crippen LogP contribution in [0.2, 0.25) is 0 Å². The molecule has 0 amide bonds. The smallest absolute Gasteiger partial charge is 0.388 e. The number of hydrogen-bond acceptors (Lipinski definition) is 6. The molecule has 24 heavy (non-hydrogen) atoms. The number of hydrogen-bond donors (Lipinski definition) is 4. The Morgan fingerprint density at radius 3 is 2.88 bits per heavy atom. The van der Waals surface area contributed by atoms with Crippen LogP contribution >= 0.6 is 0 Å². The number of benzene rings is 1. The molecule has 4 rings (SSSR count). The summed E-state index contributed by atoms with van der Waals surface area (Å²) in [7, 11) is 0. The van der Waals surface area contributed by atoms with Gasteiger partial charge in [0.25, 0.3) is 0 Å². The Balaban J connectivity index is 1.68. The number of anilines is 1. The Morgan fingerprint density at radius 1 is 1.29 bits per heavy atom. The molecule has 0 saturated carbocycles. The van der Waals surface area contributed by atoms with Crippen molar-refractivity contribution >= 4 is 16.6 Å². The van der Waals surface area contributed by atoms with Crippen molar-refractivity contribution in [2.45, 2.75) is 25.8 Å². The summed E-state index contributed by atoms with van der Waals surface area (Å²) in [6.07, 6.45) is 4.13. The van der Waals surface area contributed by atoms with E-state index in [-0.39, 0.29) is 5.89 Å². The molecule has 126 valence electrons. The zero-order valence-electron chi connectivity index (χ0n) is 13.4. The topological polar surface area (TPSA) is 112 Å². The molecule has 0 spiro atoms. The van der Waals surface area contributed by atoms with Crippen molar-refractivity contribution in [2.24, 2.45) is 5.92 Å². The first-order valence-electron chi connectivity index (χ1n) is 8.21. The van der Waals surface area contributed by atoms with Gasteiger partial charge < -0.3 is 15.1 Å². The van der Waals surface area contributed by atoms with Crippen LogP contribution in [0.3, 0.4) is 0 Å². The first-order valence-corrected chi connectivity index (χ1v) is 8.21. The second kappa shape index (κ2) is 6.12. The van der Waals surface area contributed by atoms with Crippen molar-refractivity contribution in [3.8, 4) is 11.5 Å². The highest BCUT2D eigenvalue weighted by molar-refractivity contribution is 5.94. The van der Waals surface area contributed by atoms with Crippen molar-refractivity contribution in [1.29, 1.82) is 0 Å². The van der Waals surface area contributed by atoms with Gasteiger partial charge in [0.2, 0.25) is 5.89 Å². The number of aromatic nitrogens is 4. The minimum absolute atomic E-state index is 0.272.